The lowest BCUT2D eigenvalue weighted by molar-refractivity contribution is -0.123. The smallest absolute Gasteiger partial charge is 0.227 e. The van der Waals surface area contributed by atoms with Crippen LogP contribution in [0.1, 0.15) is 50.0 Å². The Morgan fingerprint density at radius 1 is 1.47 bits per heavy atom. The van der Waals surface area contributed by atoms with E-state index in [1.807, 2.05) is 12.1 Å². The van der Waals surface area contributed by atoms with Gasteiger partial charge in [0.25, 0.3) is 0 Å². The Morgan fingerprint density at radius 2 is 2.26 bits per heavy atom. The van der Waals surface area contributed by atoms with Crippen molar-refractivity contribution in [3.05, 3.63) is 30.1 Å². The molecule has 1 aromatic heterocycles. The van der Waals surface area contributed by atoms with Gasteiger partial charge in [-0.25, -0.2) is 0 Å². The van der Waals surface area contributed by atoms with Gasteiger partial charge in [0.1, 0.15) is 0 Å². The van der Waals surface area contributed by atoms with Crippen LogP contribution >= 0.6 is 0 Å². The highest BCUT2D eigenvalue weighted by molar-refractivity contribution is 5.83. The number of amides is 1. The second-order valence-electron chi connectivity index (χ2n) is 5.26. The van der Waals surface area contributed by atoms with Crippen LogP contribution in [0.3, 0.4) is 0 Å². The molecule has 3 N–H and O–H groups in total. The Hall–Kier alpha value is -1.42. The molecule has 0 radical (unpaired) electrons. The van der Waals surface area contributed by atoms with Crippen LogP contribution in [0.15, 0.2) is 24.5 Å². The van der Waals surface area contributed by atoms with Crippen LogP contribution in [0.4, 0.5) is 0 Å². The number of rotatable bonds is 6. The molecular weight excluding hydrogens is 238 g/mol. The lowest BCUT2D eigenvalue weighted by atomic mass is 9.94. The van der Waals surface area contributed by atoms with Crippen LogP contribution < -0.4 is 11.1 Å². The van der Waals surface area contributed by atoms with E-state index in [4.69, 9.17) is 5.73 Å². The van der Waals surface area contributed by atoms with Crippen molar-refractivity contribution >= 4 is 5.91 Å². The average molecular weight is 261 g/mol. The summed E-state index contributed by atoms with van der Waals surface area (Å²) >= 11 is 0. The molecule has 2 rings (SSSR count). The van der Waals surface area contributed by atoms with Crippen LogP contribution in [0.5, 0.6) is 0 Å². The van der Waals surface area contributed by atoms with Crippen molar-refractivity contribution < 1.29 is 4.79 Å². The average Bonchev–Trinajstić information content (AvgIpc) is 2.93. The lowest BCUT2D eigenvalue weighted by Gasteiger charge is -2.19. The van der Waals surface area contributed by atoms with E-state index in [-0.39, 0.29) is 11.8 Å². The second-order valence-corrected chi connectivity index (χ2v) is 5.26. The van der Waals surface area contributed by atoms with Crippen molar-refractivity contribution in [1.29, 1.82) is 0 Å². The Balaban J connectivity index is 2.01. The van der Waals surface area contributed by atoms with Gasteiger partial charge in [-0.05, 0) is 43.9 Å². The zero-order chi connectivity index (χ0) is 13.5. The molecular formula is C15H23N3O. The first kappa shape index (κ1) is 14.0. The molecule has 1 aliphatic carbocycles. The van der Waals surface area contributed by atoms with Crippen molar-refractivity contribution in [2.24, 2.45) is 5.73 Å². The van der Waals surface area contributed by atoms with E-state index < -0.39 is 0 Å². The molecule has 1 amide bonds. The number of aromatic nitrogens is 1. The summed E-state index contributed by atoms with van der Waals surface area (Å²) in [6.45, 7) is 0.619. The van der Waals surface area contributed by atoms with E-state index in [9.17, 15) is 4.79 Å². The molecule has 1 heterocycles. The summed E-state index contributed by atoms with van der Waals surface area (Å²) in [5.41, 5.74) is 6.56. The highest BCUT2D eigenvalue weighted by atomic mass is 16.1. The number of nitrogens with one attached hydrogen (secondary N) is 1. The first-order chi connectivity index (χ1) is 9.31. The van der Waals surface area contributed by atoms with Crippen molar-refractivity contribution in [1.82, 2.24) is 10.3 Å². The topological polar surface area (TPSA) is 68.0 Å². The van der Waals surface area contributed by atoms with Crippen LogP contribution in [-0.2, 0) is 4.79 Å². The molecule has 4 nitrogen and oxygen atoms in total. The quantitative estimate of drug-likeness (QED) is 0.822. The van der Waals surface area contributed by atoms with Gasteiger partial charge in [0, 0.05) is 18.4 Å². The maximum absolute atomic E-state index is 12.4. The van der Waals surface area contributed by atoms with Crippen LogP contribution in [0.25, 0.3) is 0 Å². The summed E-state index contributed by atoms with van der Waals surface area (Å²) in [6.07, 6.45) is 9.85. The van der Waals surface area contributed by atoms with E-state index in [2.05, 4.69) is 10.3 Å². The molecule has 1 aliphatic rings. The van der Waals surface area contributed by atoms with E-state index in [0.717, 1.165) is 31.2 Å². The standard InChI is InChI=1S/C15H23N3O/c16-9-3-8-14(12-5-4-10-17-11-12)15(19)18-13-6-1-2-7-13/h4-5,10-11,13-14H,1-3,6-9,16H2,(H,18,19). The van der Waals surface area contributed by atoms with Gasteiger partial charge in [-0.3, -0.25) is 9.78 Å². The van der Waals surface area contributed by atoms with Crippen LogP contribution in [0, 0.1) is 0 Å². The molecule has 4 heteroatoms. The summed E-state index contributed by atoms with van der Waals surface area (Å²) in [4.78, 5) is 16.5. The molecule has 19 heavy (non-hydrogen) atoms. The largest absolute Gasteiger partial charge is 0.353 e. The zero-order valence-corrected chi connectivity index (χ0v) is 11.3. The fraction of sp³-hybridized carbons (Fsp3) is 0.600. The third kappa shape index (κ3) is 4.03. The minimum Gasteiger partial charge on any atom is -0.353 e. The maximum Gasteiger partial charge on any atom is 0.227 e. The first-order valence-corrected chi connectivity index (χ1v) is 7.21. The number of hydrogen-bond acceptors (Lipinski definition) is 3. The van der Waals surface area contributed by atoms with Gasteiger partial charge in [0.15, 0.2) is 0 Å². The Morgan fingerprint density at radius 3 is 2.89 bits per heavy atom. The lowest BCUT2D eigenvalue weighted by Crippen LogP contribution is -2.36. The normalized spacial score (nSPS) is 17.3. The second kappa shape index (κ2) is 7.24. The predicted octanol–water partition coefficient (Wildman–Crippen LogP) is 1.96. The molecule has 1 saturated carbocycles. The minimum atomic E-state index is -0.113. The molecule has 0 spiro atoms. The summed E-state index contributed by atoms with van der Waals surface area (Å²) < 4.78 is 0. The van der Waals surface area contributed by atoms with Crippen molar-refractivity contribution in [3.63, 3.8) is 0 Å². The Kier molecular flexibility index (Phi) is 5.33. The fourth-order valence-corrected chi connectivity index (χ4v) is 2.73. The number of pyridine rings is 1. The van der Waals surface area contributed by atoms with Crippen molar-refractivity contribution in [3.8, 4) is 0 Å². The molecule has 1 unspecified atom stereocenters. The Labute approximate surface area is 114 Å². The summed E-state index contributed by atoms with van der Waals surface area (Å²) in [7, 11) is 0. The SMILES string of the molecule is NCCCC(C(=O)NC1CCCC1)c1cccnc1. The molecule has 0 aliphatic heterocycles. The van der Waals surface area contributed by atoms with Gasteiger partial charge in [-0.1, -0.05) is 18.9 Å². The highest BCUT2D eigenvalue weighted by Crippen LogP contribution is 2.23. The third-order valence-corrected chi connectivity index (χ3v) is 3.80. The summed E-state index contributed by atoms with van der Waals surface area (Å²) in [5.74, 6) is 0.0196. The Bertz CT molecular complexity index is 388. The molecule has 104 valence electrons. The molecule has 0 bridgehead atoms. The van der Waals surface area contributed by atoms with Gasteiger partial charge in [0.05, 0.1) is 5.92 Å². The molecule has 0 saturated heterocycles. The summed E-state index contributed by atoms with van der Waals surface area (Å²) in [5, 5.41) is 3.18. The molecule has 0 aromatic carbocycles. The monoisotopic (exact) mass is 261 g/mol. The molecule has 1 atom stereocenters. The maximum atomic E-state index is 12.4. The van der Waals surface area contributed by atoms with Crippen LogP contribution in [0.2, 0.25) is 0 Å². The van der Waals surface area contributed by atoms with E-state index in [0.29, 0.717) is 12.6 Å². The number of nitrogens with two attached hydrogens (primary N) is 1. The molecule has 1 fully saturated rings. The predicted molar refractivity (Wildman–Crippen MR) is 75.7 cm³/mol. The van der Waals surface area contributed by atoms with Crippen LogP contribution in [-0.4, -0.2) is 23.5 Å². The highest BCUT2D eigenvalue weighted by Gasteiger charge is 2.24. The van der Waals surface area contributed by atoms with Gasteiger partial charge in [-0.2, -0.15) is 0 Å². The van der Waals surface area contributed by atoms with Gasteiger partial charge in [0.2, 0.25) is 5.91 Å². The van der Waals surface area contributed by atoms with Gasteiger partial charge in [-0.15, -0.1) is 0 Å². The number of hydrogen-bond donors (Lipinski definition) is 2. The van der Waals surface area contributed by atoms with E-state index >= 15 is 0 Å². The van der Waals surface area contributed by atoms with Gasteiger partial charge >= 0.3 is 0 Å². The number of carbonyl (C=O) groups excluding carboxylic acids is 1. The molecule has 1 aromatic rings. The van der Waals surface area contributed by atoms with Gasteiger partial charge < -0.3 is 11.1 Å². The number of carbonyl (C=O) groups is 1. The van der Waals surface area contributed by atoms with Crippen molar-refractivity contribution in [2.75, 3.05) is 6.54 Å². The van der Waals surface area contributed by atoms with E-state index in [1.54, 1.807) is 12.4 Å². The van der Waals surface area contributed by atoms with E-state index in [1.165, 1.54) is 12.8 Å². The fourth-order valence-electron chi connectivity index (χ4n) is 2.73. The zero-order valence-electron chi connectivity index (χ0n) is 11.3. The summed E-state index contributed by atoms with van der Waals surface area (Å²) in [6, 6.07) is 4.22. The number of nitrogens with zero attached hydrogens (tertiary/aromatic N) is 1. The van der Waals surface area contributed by atoms with Crippen molar-refractivity contribution in [2.45, 2.75) is 50.5 Å². The third-order valence-electron chi connectivity index (χ3n) is 3.80. The minimum absolute atomic E-state index is 0.113. The first-order valence-electron chi connectivity index (χ1n) is 7.21.